The summed E-state index contributed by atoms with van der Waals surface area (Å²) in [6, 6.07) is 70.3. The third-order valence-electron chi connectivity index (χ3n) is 9.31. The average Bonchev–Trinajstić information content (AvgIpc) is 3.39. The lowest BCUT2D eigenvalue weighted by Gasteiger charge is -2.06. The molecule has 0 N–H and O–H groups in total. The maximum atomic E-state index is 4.66. The lowest BCUT2D eigenvalue weighted by molar-refractivity contribution is 0.992. The molecular formula is C57H52N8. The maximum absolute atomic E-state index is 4.66. The average molecular weight is 849 g/mol. The molecule has 0 atom stereocenters. The van der Waals surface area contributed by atoms with Crippen LogP contribution in [0.25, 0.3) is 67.9 Å². The number of aromatic nitrogens is 8. The Labute approximate surface area is 383 Å². The first-order chi connectivity index (χ1) is 32.0. The van der Waals surface area contributed by atoms with Crippen molar-refractivity contribution < 1.29 is 0 Å². The second kappa shape index (κ2) is 24.9. The van der Waals surface area contributed by atoms with E-state index in [1.807, 2.05) is 211 Å². The number of benzene rings is 6. The van der Waals surface area contributed by atoms with Gasteiger partial charge in [0.05, 0.1) is 17.1 Å². The standard InChI is InChI=1S/2C17H14N2.C16H13N3.C5H5N.C2H6/c1-13-18-16(14-8-4-2-5-9-14)12-17(19-13)15-10-6-3-7-11-15;1-13-12-16(14-8-4-2-5-9-14)19-17(18-13)15-10-6-3-7-11-15;1-12-17-15(13-8-4-2-5-9-13)19-16(18-12)14-10-6-3-7-11-14;1-2-4-6-5-3-1;1-2/h2*2-12H,1H3;2-11H,1H3;1-5H;1-2H3. The minimum absolute atomic E-state index is 0.715. The van der Waals surface area contributed by atoms with Crippen LogP contribution in [0.4, 0.5) is 0 Å². The van der Waals surface area contributed by atoms with Gasteiger partial charge in [-0.1, -0.05) is 202 Å². The first-order valence-electron chi connectivity index (χ1n) is 21.6. The zero-order valence-electron chi connectivity index (χ0n) is 37.4. The second-order valence-corrected chi connectivity index (χ2v) is 14.2. The van der Waals surface area contributed by atoms with Crippen LogP contribution < -0.4 is 0 Å². The molecule has 320 valence electrons. The van der Waals surface area contributed by atoms with Crippen molar-refractivity contribution in [2.45, 2.75) is 34.6 Å². The fraction of sp³-hybridized carbons (Fsp3) is 0.0877. The topological polar surface area (TPSA) is 103 Å². The molecule has 0 aliphatic rings. The third-order valence-corrected chi connectivity index (χ3v) is 9.31. The summed E-state index contributed by atoms with van der Waals surface area (Å²) in [6.45, 7) is 9.82. The molecule has 0 unspecified atom stereocenters. The lowest BCUT2D eigenvalue weighted by Crippen LogP contribution is -1.99. The van der Waals surface area contributed by atoms with E-state index in [1.54, 1.807) is 12.4 Å². The second-order valence-electron chi connectivity index (χ2n) is 14.2. The predicted molar refractivity (Wildman–Crippen MR) is 266 cm³/mol. The van der Waals surface area contributed by atoms with Gasteiger partial charge in [-0.25, -0.2) is 34.9 Å². The summed E-state index contributed by atoms with van der Waals surface area (Å²) in [5.74, 6) is 3.73. The Morgan fingerprint density at radius 3 is 0.877 bits per heavy atom. The lowest BCUT2D eigenvalue weighted by atomic mass is 10.1. The molecule has 65 heavy (non-hydrogen) atoms. The summed E-state index contributed by atoms with van der Waals surface area (Å²) in [6.07, 6.45) is 3.50. The predicted octanol–water partition coefficient (Wildman–Crippen LogP) is 13.9. The van der Waals surface area contributed by atoms with Crippen LogP contribution in [0.3, 0.4) is 0 Å². The molecular weight excluding hydrogens is 797 g/mol. The number of nitrogens with zero attached hydrogens (tertiary/aromatic N) is 8. The van der Waals surface area contributed by atoms with Gasteiger partial charge in [-0.2, -0.15) is 0 Å². The van der Waals surface area contributed by atoms with Crippen LogP contribution >= 0.6 is 0 Å². The molecule has 0 aliphatic heterocycles. The molecule has 0 amide bonds. The Morgan fingerprint density at radius 2 is 0.554 bits per heavy atom. The summed E-state index contributed by atoms with van der Waals surface area (Å²) in [5, 5.41) is 0. The van der Waals surface area contributed by atoms with Crippen molar-refractivity contribution in [3.05, 3.63) is 242 Å². The summed E-state index contributed by atoms with van der Waals surface area (Å²) in [7, 11) is 0. The van der Waals surface area contributed by atoms with Crippen molar-refractivity contribution in [3.63, 3.8) is 0 Å². The van der Waals surface area contributed by atoms with E-state index in [9.17, 15) is 0 Å². The van der Waals surface area contributed by atoms with Crippen LogP contribution in [0.2, 0.25) is 0 Å². The number of aryl methyl sites for hydroxylation is 3. The van der Waals surface area contributed by atoms with Gasteiger partial charge >= 0.3 is 0 Å². The molecule has 8 heteroatoms. The van der Waals surface area contributed by atoms with Gasteiger partial charge in [0.25, 0.3) is 0 Å². The fourth-order valence-corrected chi connectivity index (χ4v) is 6.35. The first-order valence-corrected chi connectivity index (χ1v) is 21.6. The molecule has 8 nitrogen and oxygen atoms in total. The Hall–Kier alpha value is -8.36. The Morgan fingerprint density at radius 1 is 0.262 bits per heavy atom. The van der Waals surface area contributed by atoms with Gasteiger partial charge in [-0.05, 0) is 45.0 Å². The van der Waals surface area contributed by atoms with Crippen molar-refractivity contribution in [1.82, 2.24) is 39.9 Å². The molecule has 0 fully saturated rings. The van der Waals surface area contributed by atoms with Crippen LogP contribution in [0.5, 0.6) is 0 Å². The van der Waals surface area contributed by atoms with Crippen LogP contribution in [0, 0.1) is 20.8 Å². The molecule has 4 aromatic heterocycles. The normalized spacial score (nSPS) is 9.92. The van der Waals surface area contributed by atoms with Crippen molar-refractivity contribution in [2.24, 2.45) is 0 Å². The molecule has 0 radical (unpaired) electrons. The summed E-state index contributed by atoms with van der Waals surface area (Å²) in [5.41, 5.74) is 10.3. The molecule has 4 heterocycles. The zero-order chi connectivity index (χ0) is 45.5. The number of hydrogen-bond donors (Lipinski definition) is 0. The van der Waals surface area contributed by atoms with E-state index in [0.717, 1.165) is 73.6 Å². The minimum atomic E-state index is 0.715. The van der Waals surface area contributed by atoms with E-state index in [2.05, 4.69) is 76.3 Å². The molecule has 10 aromatic rings. The highest BCUT2D eigenvalue weighted by Crippen LogP contribution is 2.25. The monoisotopic (exact) mass is 848 g/mol. The zero-order valence-corrected chi connectivity index (χ0v) is 37.4. The van der Waals surface area contributed by atoms with Crippen molar-refractivity contribution in [1.29, 1.82) is 0 Å². The smallest absolute Gasteiger partial charge is 0.163 e. The highest BCUT2D eigenvalue weighted by molar-refractivity contribution is 5.68. The fourth-order valence-electron chi connectivity index (χ4n) is 6.35. The van der Waals surface area contributed by atoms with E-state index in [0.29, 0.717) is 11.6 Å². The van der Waals surface area contributed by atoms with Gasteiger partial charge in [0.2, 0.25) is 0 Å². The van der Waals surface area contributed by atoms with Gasteiger partial charge in [-0.3, -0.25) is 4.98 Å². The van der Waals surface area contributed by atoms with Crippen LogP contribution in [-0.4, -0.2) is 39.9 Å². The quantitative estimate of drug-likeness (QED) is 0.163. The van der Waals surface area contributed by atoms with Crippen molar-refractivity contribution in [3.8, 4) is 67.9 Å². The molecule has 0 saturated carbocycles. The molecule has 0 aliphatic carbocycles. The summed E-state index contributed by atoms with van der Waals surface area (Å²) < 4.78 is 0. The van der Waals surface area contributed by atoms with Crippen LogP contribution in [0.1, 0.15) is 31.2 Å². The van der Waals surface area contributed by atoms with E-state index in [1.165, 1.54) is 0 Å². The molecule has 0 spiro atoms. The van der Waals surface area contributed by atoms with E-state index < -0.39 is 0 Å². The van der Waals surface area contributed by atoms with Gasteiger partial charge in [0, 0.05) is 51.5 Å². The molecule has 0 saturated heterocycles. The number of hydrogen-bond acceptors (Lipinski definition) is 8. The van der Waals surface area contributed by atoms with Gasteiger partial charge < -0.3 is 0 Å². The molecule has 10 rings (SSSR count). The Bertz CT molecular complexity index is 2390. The Kier molecular flexibility index (Phi) is 17.7. The van der Waals surface area contributed by atoms with E-state index in [-0.39, 0.29) is 0 Å². The molecule has 0 bridgehead atoms. The highest BCUT2D eigenvalue weighted by atomic mass is 15.0. The maximum Gasteiger partial charge on any atom is 0.163 e. The van der Waals surface area contributed by atoms with Gasteiger partial charge in [0.1, 0.15) is 11.6 Å². The number of pyridine rings is 1. The SMILES string of the molecule is CC.Cc1cc(-c2ccccc2)nc(-c2ccccc2)n1.Cc1nc(-c2ccccc2)cc(-c2ccccc2)n1.Cc1nc(-c2ccccc2)nc(-c2ccccc2)n1.c1ccncc1. The van der Waals surface area contributed by atoms with Crippen molar-refractivity contribution in [2.75, 3.05) is 0 Å². The third kappa shape index (κ3) is 14.3. The largest absolute Gasteiger partial charge is 0.265 e. The van der Waals surface area contributed by atoms with Gasteiger partial charge in [-0.15, -0.1) is 0 Å². The highest BCUT2D eigenvalue weighted by Gasteiger charge is 2.09. The summed E-state index contributed by atoms with van der Waals surface area (Å²) >= 11 is 0. The molecule has 6 aromatic carbocycles. The minimum Gasteiger partial charge on any atom is -0.265 e. The Balaban J connectivity index is 0.000000149. The first kappa shape index (κ1) is 46.2. The van der Waals surface area contributed by atoms with Gasteiger partial charge in [0.15, 0.2) is 17.5 Å². The number of rotatable bonds is 6. The van der Waals surface area contributed by atoms with Crippen LogP contribution in [-0.2, 0) is 0 Å². The van der Waals surface area contributed by atoms with E-state index >= 15 is 0 Å². The van der Waals surface area contributed by atoms with Crippen molar-refractivity contribution >= 4 is 0 Å². The van der Waals surface area contributed by atoms with Crippen LogP contribution in [0.15, 0.2) is 225 Å². The summed E-state index contributed by atoms with van der Waals surface area (Å²) in [4.78, 5) is 35.4. The van der Waals surface area contributed by atoms with E-state index in [4.69, 9.17) is 0 Å².